The number of esters is 1. The Morgan fingerprint density at radius 1 is 1.13 bits per heavy atom. The number of aliphatic carboxylic acids is 1. The van der Waals surface area contributed by atoms with Crippen LogP contribution in [0.4, 0.5) is 0 Å². The number of carboxylic acid groups (broad SMARTS) is 1. The molecule has 0 aliphatic heterocycles. The van der Waals surface area contributed by atoms with Crippen LogP contribution in [0.25, 0.3) is 0 Å². The van der Waals surface area contributed by atoms with Crippen molar-refractivity contribution in [1.82, 2.24) is 0 Å². The minimum Gasteiger partial charge on any atom is -0.481 e. The lowest BCUT2D eigenvalue weighted by Crippen LogP contribution is -2.34. The molecule has 0 aromatic carbocycles. The summed E-state index contributed by atoms with van der Waals surface area (Å²) >= 11 is 0. The summed E-state index contributed by atoms with van der Waals surface area (Å²) in [6, 6.07) is 0. The van der Waals surface area contributed by atoms with Crippen molar-refractivity contribution in [2.24, 2.45) is 10.8 Å². The maximum atomic E-state index is 11.5. The maximum absolute atomic E-state index is 11.5. The highest BCUT2D eigenvalue weighted by atomic mass is 16.5. The van der Waals surface area contributed by atoms with Crippen LogP contribution < -0.4 is 0 Å². The molecule has 4 nitrogen and oxygen atoms in total. The van der Waals surface area contributed by atoms with E-state index in [2.05, 4.69) is 0 Å². The van der Waals surface area contributed by atoms with Crippen LogP contribution in [0, 0.1) is 10.8 Å². The SMILES string of the molecule is CCC(C)(C)C(=O)OCC(C)(C)C(=O)O. The van der Waals surface area contributed by atoms with Crippen LogP contribution >= 0.6 is 0 Å². The summed E-state index contributed by atoms with van der Waals surface area (Å²) in [7, 11) is 0. The van der Waals surface area contributed by atoms with E-state index in [4.69, 9.17) is 9.84 Å². The van der Waals surface area contributed by atoms with Crippen molar-refractivity contribution in [1.29, 1.82) is 0 Å². The van der Waals surface area contributed by atoms with E-state index in [0.29, 0.717) is 6.42 Å². The fraction of sp³-hybridized carbons (Fsp3) is 0.818. The van der Waals surface area contributed by atoms with Crippen molar-refractivity contribution in [2.75, 3.05) is 6.61 Å². The van der Waals surface area contributed by atoms with Gasteiger partial charge in [-0.15, -0.1) is 0 Å². The van der Waals surface area contributed by atoms with Gasteiger partial charge in [-0.05, 0) is 34.1 Å². The molecule has 0 radical (unpaired) electrons. The molecular weight excluding hydrogens is 196 g/mol. The molecule has 15 heavy (non-hydrogen) atoms. The molecular formula is C11H20O4. The Morgan fingerprint density at radius 2 is 1.60 bits per heavy atom. The average molecular weight is 216 g/mol. The number of carbonyl (C=O) groups excluding carboxylic acids is 1. The van der Waals surface area contributed by atoms with Gasteiger partial charge in [0.25, 0.3) is 0 Å². The first-order chi connectivity index (χ1) is 6.63. The summed E-state index contributed by atoms with van der Waals surface area (Å²) in [6.07, 6.45) is 0.666. The molecule has 0 aromatic heterocycles. The minimum atomic E-state index is -1.03. The number of carboxylic acids is 1. The second-order valence-electron chi connectivity index (χ2n) is 5.00. The molecule has 0 aliphatic carbocycles. The number of hydrogen-bond acceptors (Lipinski definition) is 3. The van der Waals surface area contributed by atoms with Gasteiger partial charge in [0.05, 0.1) is 10.8 Å². The van der Waals surface area contributed by atoms with Crippen molar-refractivity contribution in [3.8, 4) is 0 Å². The van der Waals surface area contributed by atoms with Crippen LogP contribution in [0.1, 0.15) is 41.0 Å². The predicted octanol–water partition coefficient (Wildman–Crippen LogP) is 2.08. The van der Waals surface area contributed by atoms with Gasteiger partial charge < -0.3 is 9.84 Å². The fourth-order valence-corrected chi connectivity index (χ4v) is 0.647. The summed E-state index contributed by atoms with van der Waals surface area (Å²) in [5.41, 5.74) is -1.58. The number of ether oxygens (including phenoxy) is 1. The highest BCUT2D eigenvalue weighted by Crippen LogP contribution is 2.23. The predicted molar refractivity (Wildman–Crippen MR) is 56.4 cm³/mol. The van der Waals surface area contributed by atoms with Gasteiger partial charge in [-0.2, -0.15) is 0 Å². The van der Waals surface area contributed by atoms with Gasteiger partial charge in [-0.25, -0.2) is 0 Å². The molecule has 0 aromatic rings. The minimum absolute atomic E-state index is 0.0927. The lowest BCUT2D eigenvalue weighted by atomic mass is 9.90. The van der Waals surface area contributed by atoms with E-state index < -0.39 is 16.8 Å². The highest BCUT2D eigenvalue weighted by molar-refractivity contribution is 5.77. The van der Waals surface area contributed by atoms with Crippen molar-refractivity contribution >= 4 is 11.9 Å². The molecule has 0 bridgehead atoms. The number of carbonyl (C=O) groups is 2. The Kier molecular flexibility index (Phi) is 4.31. The van der Waals surface area contributed by atoms with E-state index in [0.717, 1.165) is 0 Å². The van der Waals surface area contributed by atoms with Gasteiger partial charge >= 0.3 is 11.9 Å². The molecule has 0 fully saturated rings. The first-order valence-corrected chi connectivity index (χ1v) is 5.04. The van der Waals surface area contributed by atoms with E-state index in [1.165, 1.54) is 13.8 Å². The summed E-state index contributed by atoms with van der Waals surface area (Å²) in [4.78, 5) is 22.3. The van der Waals surface area contributed by atoms with Gasteiger partial charge in [0.15, 0.2) is 0 Å². The lowest BCUT2D eigenvalue weighted by Gasteiger charge is -2.24. The first kappa shape index (κ1) is 13.9. The van der Waals surface area contributed by atoms with Gasteiger partial charge in [-0.1, -0.05) is 6.92 Å². The van der Waals surface area contributed by atoms with Gasteiger partial charge in [-0.3, -0.25) is 9.59 Å². The molecule has 0 atom stereocenters. The van der Waals surface area contributed by atoms with Crippen molar-refractivity contribution in [3.63, 3.8) is 0 Å². The summed E-state index contributed by atoms with van der Waals surface area (Å²) in [5.74, 6) is -1.32. The molecule has 0 unspecified atom stereocenters. The fourth-order valence-electron chi connectivity index (χ4n) is 0.647. The summed E-state index contributed by atoms with van der Waals surface area (Å²) in [6.45, 7) is 8.42. The Balaban J connectivity index is 4.30. The van der Waals surface area contributed by atoms with E-state index >= 15 is 0 Å². The summed E-state index contributed by atoms with van der Waals surface area (Å²) < 4.78 is 5.00. The van der Waals surface area contributed by atoms with Gasteiger partial charge in [0, 0.05) is 0 Å². The average Bonchev–Trinajstić information content (AvgIpc) is 2.13. The van der Waals surface area contributed by atoms with Crippen LogP contribution in [0.15, 0.2) is 0 Å². The standard InChI is InChI=1S/C11H20O4/c1-6-10(2,3)9(14)15-7-11(4,5)8(12)13/h6-7H2,1-5H3,(H,12,13). The Labute approximate surface area is 90.6 Å². The molecule has 4 heteroatoms. The smallest absolute Gasteiger partial charge is 0.312 e. The molecule has 0 amide bonds. The van der Waals surface area contributed by atoms with Crippen LogP contribution in [0.5, 0.6) is 0 Å². The van der Waals surface area contributed by atoms with Crippen molar-refractivity contribution in [3.05, 3.63) is 0 Å². The van der Waals surface area contributed by atoms with E-state index in [9.17, 15) is 9.59 Å². The second-order valence-corrected chi connectivity index (χ2v) is 5.00. The second kappa shape index (κ2) is 4.64. The summed E-state index contributed by atoms with van der Waals surface area (Å²) in [5, 5.41) is 8.82. The van der Waals surface area contributed by atoms with E-state index in [1.54, 1.807) is 13.8 Å². The van der Waals surface area contributed by atoms with E-state index in [1.807, 2.05) is 6.92 Å². The van der Waals surface area contributed by atoms with Crippen LogP contribution in [0.2, 0.25) is 0 Å². The van der Waals surface area contributed by atoms with E-state index in [-0.39, 0.29) is 12.6 Å². The van der Waals surface area contributed by atoms with Gasteiger partial charge in [0.2, 0.25) is 0 Å². The van der Waals surface area contributed by atoms with Crippen LogP contribution in [-0.2, 0) is 14.3 Å². The zero-order valence-electron chi connectivity index (χ0n) is 10.1. The largest absolute Gasteiger partial charge is 0.481 e. The third-order valence-corrected chi connectivity index (χ3v) is 2.58. The van der Waals surface area contributed by atoms with Crippen LogP contribution in [-0.4, -0.2) is 23.7 Å². The third-order valence-electron chi connectivity index (χ3n) is 2.58. The molecule has 0 saturated carbocycles. The third kappa shape index (κ3) is 3.90. The number of rotatable bonds is 5. The number of hydrogen-bond donors (Lipinski definition) is 1. The Hall–Kier alpha value is -1.06. The molecule has 1 N–H and O–H groups in total. The topological polar surface area (TPSA) is 63.6 Å². The van der Waals surface area contributed by atoms with Crippen LogP contribution in [0.3, 0.4) is 0 Å². The van der Waals surface area contributed by atoms with Gasteiger partial charge in [0.1, 0.15) is 6.61 Å². The normalized spacial score (nSPS) is 12.3. The first-order valence-electron chi connectivity index (χ1n) is 5.04. The molecule has 88 valence electrons. The van der Waals surface area contributed by atoms with Crippen molar-refractivity contribution < 1.29 is 19.4 Å². The zero-order chi connectivity index (χ0) is 12.3. The molecule has 0 saturated heterocycles. The van der Waals surface area contributed by atoms with Crippen molar-refractivity contribution in [2.45, 2.75) is 41.0 Å². The molecule has 0 aliphatic rings. The molecule has 0 heterocycles. The quantitative estimate of drug-likeness (QED) is 0.714. The lowest BCUT2D eigenvalue weighted by molar-refractivity contribution is -0.163. The zero-order valence-corrected chi connectivity index (χ0v) is 10.1. The molecule has 0 spiro atoms. The maximum Gasteiger partial charge on any atom is 0.312 e. The monoisotopic (exact) mass is 216 g/mol. The molecule has 0 rings (SSSR count). The highest BCUT2D eigenvalue weighted by Gasteiger charge is 2.33. The Morgan fingerprint density at radius 3 is 1.93 bits per heavy atom. The Bertz CT molecular complexity index is 253.